The topological polar surface area (TPSA) is 99.4 Å². The van der Waals surface area contributed by atoms with Gasteiger partial charge in [-0.1, -0.05) is 26.2 Å². The second-order valence-corrected chi connectivity index (χ2v) is 6.17. The summed E-state index contributed by atoms with van der Waals surface area (Å²) >= 11 is 0. The van der Waals surface area contributed by atoms with Gasteiger partial charge in [-0.2, -0.15) is 0 Å². The number of rotatable bonds is 5. The molecule has 0 aromatic heterocycles. The van der Waals surface area contributed by atoms with Crippen LogP contribution in [0.25, 0.3) is 0 Å². The predicted molar refractivity (Wildman–Crippen MR) is 75.5 cm³/mol. The van der Waals surface area contributed by atoms with Crippen LogP contribution >= 0.6 is 0 Å². The summed E-state index contributed by atoms with van der Waals surface area (Å²) in [6.45, 7) is 1.93. The molecular formula is C15H28O6. The van der Waals surface area contributed by atoms with Gasteiger partial charge in [-0.3, -0.25) is 0 Å². The molecule has 0 amide bonds. The van der Waals surface area contributed by atoms with Gasteiger partial charge in [-0.05, 0) is 19.3 Å². The molecule has 1 heterocycles. The number of hydrogen-bond acceptors (Lipinski definition) is 6. The van der Waals surface area contributed by atoms with Gasteiger partial charge in [0.05, 0.1) is 6.61 Å². The van der Waals surface area contributed by atoms with Crippen molar-refractivity contribution in [3.8, 4) is 0 Å². The van der Waals surface area contributed by atoms with Crippen LogP contribution in [0.1, 0.15) is 45.4 Å². The van der Waals surface area contributed by atoms with Crippen molar-refractivity contribution >= 4 is 0 Å². The van der Waals surface area contributed by atoms with Crippen molar-refractivity contribution in [3.05, 3.63) is 0 Å². The maximum Gasteiger partial charge on any atom is 0.200 e. The molecule has 0 aromatic carbocycles. The summed E-state index contributed by atoms with van der Waals surface area (Å²) in [5, 5.41) is 40.0. The Labute approximate surface area is 125 Å². The van der Waals surface area contributed by atoms with Gasteiger partial charge < -0.3 is 29.9 Å². The van der Waals surface area contributed by atoms with Gasteiger partial charge in [0, 0.05) is 12.5 Å². The quantitative estimate of drug-likeness (QED) is 0.577. The van der Waals surface area contributed by atoms with Gasteiger partial charge in [0.2, 0.25) is 0 Å². The standard InChI is InChI=1S/C15H28O6/c1-2-8-20-15(10-6-4-3-5-7-10)14(19)13(18)12(17)11(9-16)21-15/h10-14,16-19H,2-9H2,1H3/t11-,12-,13+,14-,15-/m1/s1. The fraction of sp³-hybridized carbons (Fsp3) is 1.00. The van der Waals surface area contributed by atoms with Crippen molar-refractivity contribution < 1.29 is 29.9 Å². The largest absolute Gasteiger partial charge is 0.394 e. The smallest absolute Gasteiger partial charge is 0.200 e. The van der Waals surface area contributed by atoms with Gasteiger partial charge in [0.25, 0.3) is 0 Å². The van der Waals surface area contributed by atoms with Crippen LogP contribution in [0, 0.1) is 5.92 Å². The highest BCUT2D eigenvalue weighted by Crippen LogP contribution is 2.43. The van der Waals surface area contributed by atoms with E-state index in [-0.39, 0.29) is 5.92 Å². The summed E-state index contributed by atoms with van der Waals surface area (Å²) in [5.41, 5.74) is 0. The summed E-state index contributed by atoms with van der Waals surface area (Å²) < 4.78 is 11.7. The molecule has 1 aliphatic heterocycles. The SMILES string of the molecule is CCCO[C@]1(C2CCCCC2)O[C@H](CO)[C@@H](O)[C@H](O)[C@H]1O. The highest BCUT2D eigenvalue weighted by Gasteiger charge is 2.57. The molecule has 0 radical (unpaired) electrons. The Hall–Kier alpha value is -0.240. The summed E-state index contributed by atoms with van der Waals surface area (Å²) in [5.74, 6) is -1.37. The molecule has 0 unspecified atom stereocenters. The van der Waals surface area contributed by atoms with Crippen molar-refractivity contribution in [2.45, 2.75) is 75.7 Å². The zero-order valence-corrected chi connectivity index (χ0v) is 12.6. The Morgan fingerprint density at radius 1 is 1.10 bits per heavy atom. The molecular weight excluding hydrogens is 276 g/mol. The van der Waals surface area contributed by atoms with Crippen LogP contribution in [0.3, 0.4) is 0 Å². The lowest BCUT2D eigenvalue weighted by Crippen LogP contribution is -2.68. The minimum atomic E-state index is -1.38. The molecule has 4 N–H and O–H groups in total. The van der Waals surface area contributed by atoms with E-state index in [1.807, 2.05) is 6.92 Å². The molecule has 0 aromatic rings. The van der Waals surface area contributed by atoms with Crippen molar-refractivity contribution in [1.82, 2.24) is 0 Å². The van der Waals surface area contributed by atoms with E-state index >= 15 is 0 Å². The highest BCUT2D eigenvalue weighted by molar-refractivity contribution is 5.00. The fourth-order valence-corrected chi connectivity index (χ4v) is 3.51. The average Bonchev–Trinajstić information content (AvgIpc) is 2.53. The minimum Gasteiger partial charge on any atom is -0.394 e. The maximum absolute atomic E-state index is 10.5. The van der Waals surface area contributed by atoms with Gasteiger partial charge in [-0.25, -0.2) is 0 Å². The molecule has 2 fully saturated rings. The normalized spacial score (nSPS) is 42.1. The fourth-order valence-electron chi connectivity index (χ4n) is 3.51. The number of aliphatic hydroxyl groups excluding tert-OH is 4. The second kappa shape index (κ2) is 7.35. The zero-order valence-electron chi connectivity index (χ0n) is 12.6. The van der Waals surface area contributed by atoms with Crippen LogP contribution in [0.15, 0.2) is 0 Å². The van der Waals surface area contributed by atoms with E-state index < -0.39 is 36.8 Å². The first-order valence-electron chi connectivity index (χ1n) is 8.03. The first-order valence-corrected chi connectivity index (χ1v) is 8.03. The monoisotopic (exact) mass is 304 g/mol. The van der Waals surface area contributed by atoms with E-state index in [2.05, 4.69) is 0 Å². The van der Waals surface area contributed by atoms with Crippen LogP contribution in [-0.4, -0.2) is 63.8 Å². The Balaban J connectivity index is 2.27. The third-order valence-electron chi connectivity index (χ3n) is 4.69. The average molecular weight is 304 g/mol. The van der Waals surface area contributed by atoms with Crippen LogP contribution in [0.5, 0.6) is 0 Å². The van der Waals surface area contributed by atoms with E-state index in [0.717, 1.165) is 38.5 Å². The molecule has 1 saturated carbocycles. The van der Waals surface area contributed by atoms with Gasteiger partial charge in [0.15, 0.2) is 5.79 Å². The lowest BCUT2D eigenvalue weighted by molar-refractivity contribution is -0.385. The second-order valence-electron chi connectivity index (χ2n) is 6.17. The van der Waals surface area contributed by atoms with Crippen molar-refractivity contribution in [1.29, 1.82) is 0 Å². The van der Waals surface area contributed by atoms with E-state index in [1.54, 1.807) is 0 Å². The number of ether oxygens (including phenoxy) is 2. The molecule has 0 spiro atoms. The predicted octanol–water partition coefficient (Wildman–Crippen LogP) is 0.163. The van der Waals surface area contributed by atoms with Gasteiger partial charge in [0.1, 0.15) is 24.4 Å². The van der Waals surface area contributed by atoms with Crippen LogP contribution in [-0.2, 0) is 9.47 Å². The summed E-state index contributed by atoms with van der Waals surface area (Å²) in [4.78, 5) is 0. The first kappa shape index (κ1) is 17.1. The Bertz CT molecular complexity index is 313. The van der Waals surface area contributed by atoms with Crippen molar-refractivity contribution in [2.75, 3.05) is 13.2 Å². The van der Waals surface area contributed by atoms with E-state index in [1.165, 1.54) is 0 Å². The molecule has 6 heteroatoms. The van der Waals surface area contributed by atoms with Gasteiger partial charge in [-0.15, -0.1) is 0 Å². The molecule has 1 saturated heterocycles. The third kappa shape index (κ3) is 3.25. The van der Waals surface area contributed by atoms with Crippen LogP contribution in [0.2, 0.25) is 0 Å². The summed E-state index contributed by atoms with van der Waals surface area (Å²) in [7, 11) is 0. The number of hydrogen-bond donors (Lipinski definition) is 4. The first-order chi connectivity index (χ1) is 10.1. The minimum absolute atomic E-state index is 0.0380. The van der Waals surface area contributed by atoms with E-state index in [4.69, 9.17) is 9.47 Å². The molecule has 21 heavy (non-hydrogen) atoms. The third-order valence-corrected chi connectivity index (χ3v) is 4.69. The lowest BCUT2D eigenvalue weighted by atomic mass is 9.77. The highest BCUT2D eigenvalue weighted by atomic mass is 16.7. The molecule has 2 aliphatic rings. The Morgan fingerprint density at radius 2 is 1.76 bits per heavy atom. The van der Waals surface area contributed by atoms with Gasteiger partial charge >= 0.3 is 0 Å². The molecule has 1 aliphatic carbocycles. The lowest BCUT2D eigenvalue weighted by Gasteiger charge is -2.52. The summed E-state index contributed by atoms with van der Waals surface area (Å²) in [6, 6.07) is 0. The zero-order chi connectivity index (χ0) is 15.5. The number of aliphatic hydroxyl groups is 4. The molecule has 2 rings (SSSR count). The van der Waals surface area contributed by atoms with Crippen LogP contribution in [0.4, 0.5) is 0 Å². The molecule has 5 atom stereocenters. The Kier molecular flexibility index (Phi) is 5.99. The van der Waals surface area contributed by atoms with E-state index in [9.17, 15) is 20.4 Å². The van der Waals surface area contributed by atoms with Crippen molar-refractivity contribution in [2.24, 2.45) is 5.92 Å². The molecule has 0 bridgehead atoms. The molecule has 6 nitrogen and oxygen atoms in total. The van der Waals surface area contributed by atoms with E-state index in [0.29, 0.717) is 6.61 Å². The maximum atomic E-state index is 10.5. The van der Waals surface area contributed by atoms with Crippen molar-refractivity contribution in [3.63, 3.8) is 0 Å². The molecule has 124 valence electrons. The Morgan fingerprint density at radius 3 is 2.33 bits per heavy atom. The summed E-state index contributed by atoms with van der Waals surface area (Å²) in [6.07, 6.45) is 0.705. The van der Waals surface area contributed by atoms with Crippen LogP contribution < -0.4 is 0 Å².